The van der Waals surface area contributed by atoms with Crippen molar-refractivity contribution in [3.8, 4) is 0 Å². The lowest BCUT2D eigenvalue weighted by atomic mass is 10.1. The van der Waals surface area contributed by atoms with E-state index in [-0.39, 0.29) is 0 Å². The molecular weight excluding hydrogens is 194 g/mol. The molecule has 0 bridgehead atoms. The monoisotopic (exact) mass is 211 g/mol. The van der Waals surface area contributed by atoms with Crippen LogP contribution in [0.15, 0.2) is 4.52 Å². The fraction of sp³-hybridized carbons (Fsp3) is 0.800. The lowest BCUT2D eigenvalue weighted by molar-refractivity contribution is 0.189. The molecule has 1 aliphatic heterocycles. The van der Waals surface area contributed by atoms with Gasteiger partial charge in [-0.3, -0.25) is 0 Å². The average Bonchev–Trinajstić information content (AvgIpc) is 2.87. The molecule has 1 atom stereocenters. The highest BCUT2D eigenvalue weighted by molar-refractivity contribution is 4.96. The van der Waals surface area contributed by atoms with Gasteiger partial charge < -0.3 is 14.6 Å². The summed E-state index contributed by atoms with van der Waals surface area (Å²) in [6, 6.07) is 0. The van der Waals surface area contributed by atoms with E-state index in [9.17, 15) is 0 Å². The molecule has 0 saturated carbocycles. The second-order valence-corrected chi connectivity index (χ2v) is 3.82. The number of hydrogen-bond donors (Lipinski definition) is 1. The van der Waals surface area contributed by atoms with Gasteiger partial charge in [0.2, 0.25) is 5.89 Å². The molecule has 1 aromatic rings. The summed E-state index contributed by atoms with van der Waals surface area (Å²) in [5, 5.41) is 7.06. The highest BCUT2D eigenvalue weighted by atomic mass is 16.5. The molecule has 1 saturated heterocycles. The summed E-state index contributed by atoms with van der Waals surface area (Å²) in [6.07, 6.45) is 2.91. The predicted octanol–water partition coefficient (Wildman–Crippen LogP) is 0.725. The Labute approximate surface area is 89.2 Å². The SMILES string of the molecule is CNCCCc1noc(C2CCOC2)n1. The largest absolute Gasteiger partial charge is 0.381 e. The average molecular weight is 211 g/mol. The van der Waals surface area contributed by atoms with Crippen molar-refractivity contribution in [3.63, 3.8) is 0 Å². The van der Waals surface area contributed by atoms with Gasteiger partial charge in [0, 0.05) is 13.0 Å². The number of ether oxygens (including phenoxy) is 1. The molecule has 5 heteroatoms. The predicted molar refractivity (Wildman–Crippen MR) is 54.7 cm³/mol. The summed E-state index contributed by atoms with van der Waals surface area (Å²) in [5.41, 5.74) is 0. The Balaban J connectivity index is 1.86. The van der Waals surface area contributed by atoms with Crippen molar-refractivity contribution in [2.75, 3.05) is 26.8 Å². The quantitative estimate of drug-likeness (QED) is 0.727. The molecule has 0 radical (unpaired) electrons. The van der Waals surface area contributed by atoms with Crippen LogP contribution >= 0.6 is 0 Å². The second kappa shape index (κ2) is 5.23. The van der Waals surface area contributed by atoms with Crippen LogP contribution in [0, 0.1) is 0 Å². The van der Waals surface area contributed by atoms with Gasteiger partial charge in [0.1, 0.15) is 0 Å². The summed E-state index contributed by atoms with van der Waals surface area (Å²) in [6.45, 7) is 2.51. The number of aryl methyl sites for hydroxylation is 1. The third-order valence-corrected chi connectivity index (χ3v) is 2.59. The minimum absolute atomic E-state index is 0.315. The molecular formula is C10H17N3O2. The maximum atomic E-state index is 5.28. The highest BCUT2D eigenvalue weighted by Gasteiger charge is 2.23. The summed E-state index contributed by atoms with van der Waals surface area (Å²) < 4.78 is 10.5. The Kier molecular flexibility index (Phi) is 3.69. The maximum absolute atomic E-state index is 5.28. The van der Waals surface area contributed by atoms with Crippen molar-refractivity contribution in [1.29, 1.82) is 0 Å². The minimum atomic E-state index is 0.315. The molecule has 84 valence electrons. The molecule has 15 heavy (non-hydrogen) atoms. The zero-order valence-corrected chi connectivity index (χ0v) is 9.03. The molecule has 0 aromatic carbocycles. The molecule has 2 heterocycles. The Morgan fingerprint density at radius 2 is 2.47 bits per heavy atom. The summed E-state index contributed by atoms with van der Waals surface area (Å²) in [5.74, 6) is 1.87. The second-order valence-electron chi connectivity index (χ2n) is 3.82. The minimum Gasteiger partial charge on any atom is -0.381 e. The van der Waals surface area contributed by atoms with Gasteiger partial charge in [-0.05, 0) is 26.4 Å². The van der Waals surface area contributed by atoms with Crippen molar-refractivity contribution in [1.82, 2.24) is 15.5 Å². The Bertz CT molecular complexity index is 295. The van der Waals surface area contributed by atoms with E-state index in [0.29, 0.717) is 5.92 Å². The van der Waals surface area contributed by atoms with Crippen LogP contribution < -0.4 is 5.32 Å². The molecule has 1 fully saturated rings. The molecule has 1 aromatic heterocycles. The van der Waals surface area contributed by atoms with Gasteiger partial charge in [-0.25, -0.2) is 0 Å². The zero-order chi connectivity index (χ0) is 10.5. The smallest absolute Gasteiger partial charge is 0.232 e. The van der Waals surface area contributed by atoms with Crippen LogP contribution in [0.2, 0.25) is 0 Å². The maximum Gasteiger partial charge on any atom is 0.232 e. The van der Waals surface area contributed by atoms with E-state index >= 15 is 0 Å². The van der Waals surface area contributed by atoms with Crippen LogP contribution in [0.3, 0.4) is 0 Å². The van der Waals surface area contributed by atoms with E-state index < -0.39 is 0 Å². The van der Waals surface area contributed by atoms with Gasteiger partial charge >= 0.3 is 0 Å². The van der Waals surface area contributed by atoms with Gasteiger partial charge in [0.15, 0.2) is 5.82 Å². The fourth-order valence-corrected chi connectivity index (χ4v) is 1.69. The normalized spacial score (nSPS) is 21.0. The molecule has 2 rings (SSSR count). The van der Waals surface area contributed by atoms with Gasteiger partial charge in [0.05, 0.1) is 12.5 Å². The molecule has 1 aliphatic rings. The van der Waals surface area contributed by atoms with Gasteiger partial charge in [-0.2, -0.15) is 4.98 Å². The number of nitrogens with zero attached hydrogens (tertiary/aromatic N) is 2. The molecule has 0 aliphatic carbocycles. The number of aromatic nitrogens is 2. The topological polar surface area (TPSA) is 60.2 Å². The highest BCUT2D eigenvalue weighted by Crippen LogP contribution is 2.23. The van der Waals surface area contributed by atoms with E-state index in [2.05, 4.69) is 15.5 Å². The van der Waals surface area contributed by atoms with Crippen LogP contribution in [0.4, 0.5) is 0 Å². The Morgan fingerprint density at radius 1 is 1.53 bits per heavy atom. The lowest BCUT2D eigenvalue weighted by Crippen LogP contribution is -2.08. The molecule has 1 N–H and O–H groups in total. The van der Waals surface area contributed by atoms with E-state index in [1.54, 1.807) is 0 Å². The van der Waals surface area contributed by atoms with Crippen molar-refractivity contribution >= 4 is 0 Å². The van der Waals surface area contributed by atoms with Gasteiger partial charge in [-0.15, -0.1) is 0 Å². The summed E-state index contributed by atoms with van der Waals surface area (Å²) in [4.78, 5) is 4.38. The van der Waals surface area contributed by atoms with Crippen molar-refractivity contribution in [2.45, 2.75) is 25.2 Å². The first-order valence-corrected chi connectivity index (χ1v) is 5.45. The molecule has 0 spiro atoms. The lowest BCUT2D eigenvalue weighted by Gasteiger charge is -1.97. The van der Waals surface area contributed by atoms with Gasteiger partial charge in [-0.1, -0.05) is 5.16 Å². The van der Waals surface area contributed by atoms with Crippen molar-refractivity contribution in [3.05, 3.63) is 11.7 Å². The van der Waals surface area contributed by atoms with Crippen LogP contribution in [0.1, 0.15) is 30.5 Å². The van der Waals surface area contributed by atoms with E-state index in [4.69, 9.17) is 9.26 Å². The first kappa shape index (κ1) is 10.6. The third-order valence-electron chi connectivity index (χ3n) is 2.59. The number of hydrogen-bond acceptors (Lipinski definition) is 5. The van der Waals surface area contributed by atoms with Crippen molar-refractivity contribution < 1.29 is 9.26 Å². The number of nitrogens with one attached hydrogen (secondary N) is 1. The molecule has 0 amide bonds. The van der Waals surface area contributed by atoms with Crippen LogP contribution in [0.5, 0.6) is 0 Å². The van der Waals surface area contributed by atoms with E-state index in [0.717, 1.165) is 50.7 Å². The van der Waals surface area contributed by atoms with Crippen LogP contribution in [-0.2, 0) is 11.2 Å². The van der Waals surface area contributed by atoms with E-state index in [1.807, 2.05) is 7.05 Å². The zero-order valence-electron chi connectivity index (χ0n) is 9.03. The van der Waals surface area contributed by atoms with Gasteiger partial charge in [0.25, 0.3) is 0 Å². The third kappa shape index (κ3) is 2.76. The number of rotatable bonds is 5. The standard InChI is InChI=1S/C10H17N3O2/c1-11-5-2-3-9-12-10(15-13-9)8-4-6-14-7-8/h8,11H,2-7H2,1H3. The first-order chi connectivity index (χ1) is 7.40. The molecule has 5 nitrogen and oxygen atoms in total. The summed E-state index contributed by atoms with van der Waals surface area (Å²) >= 11 is 0. The van der Waals surface area contributed by atoms with Crippen LogP contribution in [0.25, 0.3) is 0 Å². The van der Waals surface area contributed by atoms with E-state index in [1.165, 1.54) is 0 Å². The molecule has 1 unspecified atom stereocenters. The Morgan fingerprint density at radius 3 is 3.20 bits per heavy atom. The Hall–Kier alpha value is -0.940. The summed E-state index contributed by atoms with van der Waals surface area (Å²) in [7, 11) is 1.94. The first-order valence-electron chi connectivity index (χ1n) is 5.45. The van der Waals surface area contributed by atoms with Crippen LogP contribution in [-0.4, -0.2) is 36.9 Å². The van der Waals surface area contributed by atoms with Crippen molar-refractivity contribution in [2.24, 2.45) is 0 Å². The fourth-order valence-electron chi connectivity index (χ4n) is 1.69.